The van der Waals surface area contributed by atoms with Gasteiger partial charge in [0, 0.05) is 22.0 Å². The fourth-order valence-corrected chi connectivity index (χ4v) is 0.211. The lowest BCUT2D eigenvalue weighted by Crippen LogP contribution is -2.04. The van der Waals surface area contributed by atoms with E-state index in [-0.39, 0.29) is 19.4 Å². The van der Waals surface area contributed by atoms with Crippen molar-refractivity contribution in [3.63, 3.8) is 0 Å². The van der Waals surface area contributed by atoms with Crippen LogP contribution in [0.3, 0.4) is 0 Å². The van der Waals surface area contributed by atoms with Crippen LogP contribution < -0.4 is 0 Å². The molecule has 0 rings (SSSR count). The highest BCUT2D eigenvalue weighted by Gasteiger charge is 2.22. The average molecular weight is 418 g/mol. The van der Waals surface area contributed by atoms with E-state index in [0.29, 0.717) is 0 Å². The van der Waals surface area contributed by atoms with Gasteiger partial charge in [0.25, 0.3) is 12.9 Å². The number of aliphatic carboxylic acids is 3. The largest absolute Gasteiger partial charge is 0.481 e. The van der Waals surface area contributed by atoms with E-state index in [9.17, 15) is 37.1 Å². The van der Waals surface area contributed by atoms with Crippen molar-refractivity contribution in [1.82, 2.24) is 0 Å². The number of carboxylic acids is 3. The molecule has 10 nitrogen and oxygen atoms in total. The molecule has 0 aromatic heterocycles. The molecular weight excluding hydrogens is 399 g/mol. The minimum absolute atomic E-state index is 0.0914. The molecule has 27 heavy (non-hydrogen) atoms. The zero-order chi connectivity index (χ0) is 22.9. The number of rotatable bonds is 7. The highest BCUT2D eigenvalue weighted by molar-refractivity contribution is 5.69. The molecule has 0 aliphatic carbocycles. The molecule has 0 aromatic carbocycles. The lowest BCUT2D eigenvalue weighted by Gasteiger charge is -1.96. The van der Waals surface area contributed by atoms with Crippen LogP contribution in [0, 0.1) is 0 Å². The summed E-state index contributed by atoms with van der Waals surface area (Å²) in [6.07, 6.45) is -4.47. The summed E-state index contributed by atoms with van der Waals surface area (Å²) in [7, 11) is 0. The van der Waals surface area contributed by atoms with Crippen molar-refractivity contribution in [1.29, 1.82) is 0 Å². The molecule has 0 aliphatic heterocycles. The summed E-state index contributed by atoms with van der Waals surface area (Å²) < 4.78 is 56.0. The van der Waals surface area contributed by atoms with Crippen molar-refractivity contribution in [2.75, 3.05) is 13.2 Å². The number of carbonyl (C=O) groups is 5. The van der Waals surface area contributed by atoms with Crippen LogP contribution in [-0.4, -0.2) is 65.6 Å². The topological polar surface area (TPSA) is 164 Å². The Morgan fingerprint density at radius 2 is 1.04 bits per heavy atom. The molecule has 0 amide bonds. The van der Waals surface area contributed by atoms with Crippen LogP contribution in [0.5, 0.6) is 0 Å². The van der Waals surface area contributed by atoms with Crippen LogP contribution in [0.1, 0.15) is 26.7 Å². The van der Waals surface area contributed by atoms with Gasteiger partial charge in [0.15, 0.2) is 13.2 Å². The number of hydrogen-bond acceptors (Lipinski definition) is 7. The molecule has 0 spiro atoms. The molecule has 0 saturated carbocycles. The third kappa shape index (κ3) is 101. The smallest absolute Gasteiger partial charge is 0.388 e. The van der Waals surface area contributed by atoms with E-state index in [1.54, 1.807) is 6.92 Å². The van der Waals surface area contributed by atoms with Gasteiger partial charge in [-0.05, 0) is 0 Å². The summed E-state index contributed by atoms with van der Waals surface area (Å²) in [5, 5.41) is 23.2. The Kier molecular flexibility index (Phi) is 36.3. The van der Waals surface area contributed by atoms with Gasteiger partial charge < -0.3 is 24.8 Å². The maximum Gasteiger partial charge on any atom is 0.388 e. The number of halogens is 5. The minimum Gasteiger partial charge on any atom is -0.481 e. The number of carboxylic acid groups (broad SMARTS) is 3. The second-order valence-corrected chi connectivity index (χ2v) is 3.32. The second-order valence-electron chi connectivity index (χ2n) is 3.32. The Balaban J connectivity index is -0.0000000777. The first-order valence-corrected chi connectivity index (χ1v) is 6.34. The van der Waals surface area contributed by atoms with Gasteiger partial charge in [0.05, 0.1) is 0 Å². The van der Waals surface area contributed by atoms with Crippen molar-refractivity contribution in [3.05, 3.63) is 0 Å². The Labute approximate surface area is 149 Å². The standard InChI is InChI=1S/C3H5F3.2C3H4O4.C3H6O2.F2/c1-2-3(4,5)6;2*4-2-7-1-3(5)6;1-2-3(4)5;1-2/h2H2,1H3;2*2H,1H2,(H,5,6);2H2,1H3,(H,4,5);. The Bertz CT molecular complexity index is 365. The zero-order valence-corrected chi connectivity index (χ0v) is 14.1. The second kappa shape index (κ2) is 27.8. The molecule has 0 atom stereocenters. The molecule has 162 valence electrons. The van der Waals surface area contributed by atoms with Crippen LogP contribution in [0.15, 0.2) is 0 Å². The summed E-state index contributed by atoms with van der Waals surface area (Å²) in [6.45, 7) is 1.76. The lowest BCUT2D eigenvalue weighted by atomic mass is 10.5. The van der Waals surface area contributed by atoms with Crippen LogP contribution in [-0.2, 0) is 33.4 Å². The van der Waals surface area contributed by atoms with E-state index >= 15 is 0 Å². The number of alkyl halides is 3. The van der Waals surface area contributed by atoms with E-state index in [2.05, 4.69) is 9.47 Å². The van der Waals surface area contributed by atoms with Gasteiger partial charge in [-0.1, -0.05) is 13.8 Å². The van der Waals surface area contributed by atoms with E-state index in [0.717, 1.165) is 6.92 Å². The lowest BCUT2D eigenvalue weighted by molar-refractivity contribution is -0.147. The third-order valence-electron chi connectivity index (χ3n) is 1.25. The van der Waals surface area contributed by atoms with Crippen LogP contribution in [0.25, 0.3) is 0 Å². The zero-order valence-electron chi connectivity index (χ0n) is 14.1. The fraction of sp³-hybridized carbons (Fsp3) is 0.583. The predicted molar refractivity (Wildman–Crippen MR) is 75.8 cm³/mol. The SMILES string of the molecule is CCC(=O)O.CCC(F)(F)F.FF.O=COCC(=O)O.O=COCC(=O)O. The van der Waals surface area contributed by atoms with E-state index < -0.39 is 43.7 Å². The van der Waals surface area contributed by atoms with Crippen LogP contribution in [0.2, 0.25) is 0 Å². The van der Waals surface area contributed by atoms with E-state index in [1.165, 1.54) is 0 Å². The Morgan fingerprint density at radius 1 is 0.815 bits per heavy atom. The maximum absolute atomic E-state index is 10.8. The summed E-state index contributed by atoms with van der Waals surface area (Å²) in [6, 6.07) is 0. The first kappa shape index (κ1) is 35.2. The molecular formula is C12H19F5O10. The quantitative estimate of drug-likeness (QED) is 0.410. The van der Waals surface area contributed by atoms with Gasteiger partial charge in [-0.15, -0.1) is 0 Å². The summed E-state index contributed by atoms with van der Waals surface area (Å²) in [5.74, 6) is -3.04. The van der Waals surface area contributed by atoms with Gasteiger partial charge in [-0.3, -0.25) is 14.4 Å². The van der Waals surface area contributed by atoms with Gasteiger partial charge in [-0.25, -0.2) is 9.59 Å². The molecule has 3 N–H and O–H groups in total. The Morgan fingerprint density at radius 3 is 1.07 bits per heavy atom. The Hall–Kier alpha value is -3.00. The highest BCUT2D eigenvalue weighted by Crippen LogP contribution is 2.17. The van der Waals surface area contributed by atoms with Crippen molar-refractivity contribution < 1.29 is 71.1 Å². The molecule has 0 unspecified atom stereocenters. The normalized spacial score (nSPS) is 8.11. The summed E-state index contributed by atoms with van der Waals surface area (Å²) >= 11 is 0. The number of hydrogen-bond donors (Lipinski definition) is 3. The van der Waals surface area contributed by atoms with Crippen molar-refractivity contribution in [3.8, 4) is 0 Å². The van der Waals surface area contributed by atoms with Crippen molar-refractivity contribution >= 4 is 30.9 Å². The number of carbonyl (C=O) groups excluding carboxylic acids is 2. The van der Waals surface area contributed by atoms with E-state index in [4.69, 9.17) is 24.5 Å². The van der Waals surface area contributed by atoms with Gasteiger partial charge in [0.1, 0.15) is 0 Å². The maximum atomic E-state index is 10.8. The van der Waals surface area contributed by atoms with E-state index in [1.807, 2.05) is 0 Å². The van der Waals surface area contributed by atoms with Gasteiger partial charge in [0.2, 0.25) is 0 Å². The van der Waals surface area contributed by atoms with Gasteiger partial charge >= 0.3 is 24.1 Å². The minimum atomic E-state index is -3.96. The first-order chi connectivity index (χ1) is 12.4. The first-order valence-electron chi connectivity index (χ1n) is 6.34. The fourth-order valence-electron chi connectivity index (χ4n) is 0.211. The predicted octanol–water partition coefficient (Wildman–Crippen LogP) is 1.77. The highest BCUT2D eigenvalue weighted by atomic mass is 20.0. The molecule has 0 radical (unpaired) electrons. The average Bonchev–Trinajstić information content (AvgIpc) is 2.60. The van der Waals surface area contributed by atoms with Crippen LogP contribution in [0.4, 0.5) is 22.3 Å². The van der Waals surface area contributed by atoms with Crippen molar-refractivity contribution in [2.45, 2.75) is 32.9 Å². The molecule has 0 bridgehead atoms. The monoisotopic (exact) mass is 418 g/mol. The molecule has 0 fully saturated rings. The van der Waals surface area contributed by atoms with Crippen LogP contribution >= 0.6 is 0 Å². The molecule has 0 aliphatic rings. The van der Waals surface area contributed by atoms with Crippen molar-refractivity contribution in [2.24, 2.45) is 0 Å². The molecule has 0 aromatic rings. The number of ether oxygens (including phenoxy) is 2. The summed E-state index contributed by atoms with van der Waals surface area (Å²) in [5.41, 5.74) is 0. The summed E-state index contributed by atoms with van der Waals surface area (Å²) in [4.78, 5) is 46.8. The van der Waals surface area contributed by atoms with Gasteiger partial charge in [-0.2, -0.15) is 13.2 Å². The molecule has 0 saturated heterocycles. The molecule has 15 heteroatoms. The third-order valence-corrected chi connectivity index (χ3v) is 1.25. The molecule has 0 heterocycles.